The van der Waals surface area contributed by atoms with Gasteiger partial charge >= 0.3 is 0 Å². The SMILES string of the molecule is CN=C(NCc1nccn1Cc1ccccc1)NCC1(Sc2ccccc2)CC1. The number of nitrogens with zero attached hydrogens (tertiary/aromatic N) is 3. The maximum atomic E-state index is 4.51. The summed E-state index contributed by atoms with van der Waals surface area (Å²) >= 11 is 1.97. The summed E-state index contributed by atoms with van der Waals surface area (Å²) in [5.74, 6) is 1.82. The molecule has 29 heavy (non-hydrogen) atoms. The number of hydrogen-bond acceptors (Lipinski definition) is 3. The lowest BCUT2D eigenvalue weighted by Crippen LogP contribution is -2.41. The van der Waals surface area contributed by atoms with Crippen molar-refractivity contribution >= 4 is 17.7 Å². The van der Waals surface area contributed by atoms with Gasteiger partial charge in [0.05, 0.1) is 6.54 Å². The molecule has 0 bridgehead atoms. The molecule has 0 radical (unpaired) electrons. The molecule has 150 valence electrons. The molecule has 5 nitrogen and oxygen atoms in total. The van der Waals surface area contributed by atoms with Gasteiger partial charge in [-0.1, -0.05) is 48.5 Å². The van der Waals surface area contributed by atoms with Crippen molar-refractivity contribution in [2.45, 2.75) is 35.6 Å². The Bertz CT molecular complexity index is 932. The summed E-state index contributed by atoms with van der Waals surface area (Å²) in [6, 6.07) is 21.1. The Morgan fingerprint density at radius 3 is 2.48 bits per heavy atom. The molecule has 0 atom stereocenters. The van der Waals surface area contributed by atoms with Gasteiger partial charge < -0.3 is 15.2 Å². The van der Waals surface area contributed by atoms with Crippen molar-refractivity contribution in [2.75, 3.05) is 13.6 Å². The molecule has 1 fully saturated rings. The number of rotatable bonds is 8. The fourth-order valence-electron chi connectivity index (χ4n) is 3.25. The zero-order valence-electron chi connectivity index (χ0n) is 16.7. The summed E-state index contributed by atoms with van der Waals surface area (Å²) in [5, 5.41) is 6.91. The summed E-state index contributed by atoms with van der Waals surface area (Å²) in [6.07, 6.45) is 6.35. The van der Waals surface area contributed by atoms with E-state index in [1.54, 1.807) is 0 Å². The van der Waals surface area contributed by atoms with Crippen LogP contribution in [0.15, 0.2) is 82.9 Å². The van der Waals surface area contributed by atoms with Crippen LogP contribution in [0.4, 0.5) is 0 Å². The third kappa shape index (κ3) is 5.41. The second-order valence-corrected chi connectivity index (χ2v) is 8.88. The van der Waals surface area contributed by atoms with E-state index in [1.807, 2.05) is 37.3 Å². The first-order chi connectivity index (χ1) is 14.3. The Labute approximate surface area is 176 Å². The molecule has 0 aliphatic heterocycles. The lowest BCUT2D eigenvalue weighted by atomic mass is 10.2. The molecule has 0 unspecified atom stereocenters. The first kappa shape index (κ1) is 19.6. The molecular weight excluding hydrogens is 378 g/mol. The van der Waals surface area contributed by atoms with Crippen molar-refractivity contribution in [1.29, 1.82) is 0 Å². The Kier molecular flexibility index (Phi) is 6.20. The van der Waals surface area contributed by atoms with Crippen LogP contribution in [0.2, 0.25) is 0 Å². The highest BCUT2D eigenvalue weighted by atomic mass is 32.2. The van der Waals surface area contributed by atoms with Crippen molar-refractivity contribution in [3.63, 3.8) is 0 Å². The van der Waals surface area contributed by atoms with E-state index >= 15 is 0 Å². The van der Waals surface area contributed by atoms with Gasteiger partial charge in [0.2, 0.25) is 0 Å². The number of nitrogens with one attached hydrogen (secondary N) is 2. The number of guanidine groups is 1. The van der Waals surface area contributed by atoms with Crippen molar-refractivity contribution < 1.29 is 0 Å². The van der Waals surface area contributed by atoms with Crippen LogP contribution in [0.3, 0.4) is 0 Å². The third-order valence-electron chi connectivity index (χ3n) is 5.10. The van der Waals surface area contributed by atoms with E-state index in [-0.39, 0.29) is 4.75 Å². The first-order valence-corrected chi connectivity index (χ1v) is 10.8. The highest BCUT2D eigenvalue weighted by Gasteiger charge is 2.43. The van der Waals surface area contributed by atoms with Crippen molar-refractivity contribution in [3.05, 3.63) is 84.4 Å². The molecule has 1 heterocycles. The molecular formula is C23H27N5S. The number of imidazole rings is 1. The zero-order valence-corrected chi connectivity index (χ0v) is 17.5. The number of aliphatic imine (C=N–C) groups is 1. The van der Waals surface area contributed by atoms with Gasteiger partial charge in [0.25, 0.3) is 0 Å². The van der Waals surface area contributed by atoms with Crippen LogP contribution in [-0.4, -0.2) is 33.9 Å². The van der Waals surface area contributed by atoms with Crippen LogP contribution in [0.5, 0.6) is 0 Å². The van der Waals surface area contributed by atoms with E-state index in [0.29, 0.717) is 6.54 Å². The number of thioether (sulfide) groups is 1. The summed E-state index contributed by atoms with van der Waals surface area (Å²) in [6.45, 7) is 2.36. The average Bonchev–Trinajstić information content (AvgIpc) is 3.38. The maximum Gasteiger partial charge on any atom is 0.191 e. The zero-order chi connectivity index (χ0) is 19.9. The van der Waals surface area contributed by atoms with Gasteiger partial charge in [-0.25, -0.2) is 4.98 Å². The molecule has 1 aliphatic carbocycles. The molecule has 0 amide bonds. The van der Waals surface area contributed by atoms with Crippen molar-refractivity contribution in [3.8, 4) is 0 Å². The van der Waals surface area contributed by atoms with E-state index in [2.05, 4.69) is 79.8 Å². The molecule has 6 heteroatoms. The number of hydrogen-bond donors (Lipinski definition) is 2. The molecule has 3 aromatic rings. The minimum Gasteiger partial charge on any atom is -0.355 e. The molecule has 2 aromatic carbocycles. The second-order valence-electron chi connectivity index (χ2n) is 7.33. The molecule has 4 rings (SSSR count). The number of aromatic nitrogens is 2. The van der Waals surface area contributed by atoms with Gasteiger partial charge in [-0.3, -0.25) is 4.99 Å². The van der Waals surface area contributed by atoms with Crippen molar-refractivity contribution in [1.82, 2.24) is 20.2 Å². The average molecular weight is 406 g/mol. The monoisotopic (exact) mass is 405 g/mol. The van der Waals surface area contributed by atoms with Crippen molar-refractivity contribution in [2.24, 2.45) is 4.99 Å². The van der Waals surface area contributed by atoms with Gasteiger partial charge in [-0.05, 0) is 30.5 Å². The second kappa shape index (κ2) is 9.18. The summed E-state index contributed by atoms with van der Waals surface area (Å²) in [5.41, 5.74) is 1.27. The summed E-state index contributed by atoms with van der Waals surface area (Å²) in [7, 11) is 1.82. The van der Waals surface area contributed by atoms with Gasteiger partial charge in [0.15, 0.2) is 5.96 Å². The Balaban J connectivity index is 1.29. The standard InChI is InChI=1S/C23H27N5S/c1-24-22(27-18-23(12-13-23)29-20-10-6-3-7-11-20)26-16-21-25-14-15-28(21)17-19-8-4-2-5-9-19/h2-11,14-15H,12-13,16-18H2,1H3,(H2,24,26,27). The van der Waals surface area contributed by atoms with E-state index < -0.39 is 0 Å². The van der Waals surface area contributed by atoms with Crippen LogP contribution in [0, 0.1) is 0 Å². The van der Waals surface area contributed by atoms with E-state index in [1.165, 1.54) is 23.3 Å². The fourth-order valence-corrected chi connectivity index (χ4v) is 4.50. The van der Waals surface area contributed by atoms with E-state index in [4.69, 9.17) is 0 Å². The molecule has 1 saturated carbocycles. The minimum atomic E-state index is 0.282. The quantitative estimate of drug-likeness (QED) is 0.441. The summed E-state index contributed by atoms with van der Waals surface area (Å²) in [4.78, 5) is 10.2. The largest absolute Gasteiger partial charge is 0.355 e. The summed E-state index contributed by atoms with van der Waals surface area (Å²) < 4.78 is 2.45. The van der Waals surface area contributed by atoms with Crippen LogP contribution in [0.1, 0.15) is 24.2 Å². The third-order valence-corrected chi connectivity index (χ3v) is 6.59. The number of benzene rings is 2. The maximum absolute atomic E-state index is 4.51. The first-order valence-electron chi connectivity index (χ1n) is 9.99. The van der Waals surface area contributed by atoms with E-state index in [9.17, 15) is 0 Å². The molecule has 0 spiro atoms. The fraction of sp³-hybridized carbons (Fsp3) is 0.304. The van der Waals surface area contributed by atoms with Gasteiger partial charge in [-0.2, -0.15) is 0 Å². The topological polar surface area (TPSA) is 54.2 Å². The Morgan fingerprint density at radius 2 is 1.79 bits per heavy atom. The minimum absolute atomic E-state index is 0.282. The van der Waals surface area contributed by atoms with Crippen LogP contribution in [0.25, 0.3) is 0 Å². The Hall–Kier alpha value is -2.73. The van der Waals surface area contributed by atoms with Gasteiger partial charge in [-0.15, -0.1) is 11.8 Å². The highest BCUT2D eigenvalue weighted by molar-refractivity contribution is 8.01. The van der Waals surface area contributed by atoms with Crippen LogP contribution >= 0.6 is 11.8 Å². The predicted octanol–water partition coefficient (Wildman–Crippen LogP) is 3.92. The van der Waals surface area contributed by atoms with Gasteiger partial charge in [0, 0.05) is 42.2 Å². The molecule has 1 aliphatic rings. The lowest BCUT2D eigenvalue weighted by Gasteiger charge is -2.18. The van der Waals surface area contributed by atoms with Crippen LogP contribution in [-0.2, 0) is 13.1 Å². The molecule has 1 aromatic heterocycles. The lowest BCUT2D eigenvalue weighted by molar-refractivity contribution is 0.684. The molecule has 0 saturated heterocycles. The highest BCUT2D eigenvalue weighted by Crippen LogP contribution is 2.51. The molecule has 2 N–H and O–H groups in total. The predicted molar refractivity (Wildman–Crippen MR) is 120 cm³/mol. The smallest absolute Gasteiger partial charge is 0.191 e. The van der Waals surface area contributed by atoms with Gasteiger partial charge in [0.1, 0.15) is 5.82 Å². The van der Waals surface area contributed by atoms with Crippen LogP contribution < -0.4 is 10.6 Å². The normalized spacial score (nSPS) is 15.1. The van der Waals surface area contributed by atoms with E-state index in [0.717, 1.165) is 24.9 Å². The Morgan fingerprint density at radius 1 is 1.07 bits per heavy atom.